The highest BCUT2D eigenvalue weighted by atomic mass is 16.5. The number of ketones is 1. The summed E-state index contributed by atoms with van der Waals surface area (Å²) in [5.74, 6) is 0.171. The van der Waals surface area contributed by atoms with Crippen LogP contribution in [0, 0.1) is 6.92 Å². The lowest BCUT2D eigenvalue weighted by molar-refractivity contribution is 0.0698. The molecule has 0 saturated carbocycles. The second-order valence-electron chi connectivity index (χ2n) is 5.23. The van der Waals surface area contributed by atoms with E-state index in [-0.39, 0.29) is 11.8 Å². The first kappa shape index (κ1) is 15.9. The largest absolute Gasteiger partial charge is 0.383 e. The minimum atomic E-state index is -0.127. The summed E-state index contributed by atoms with van der Waals surface area (Å²) in [7, 11) is 1.69. The first-order chi connectivity index (χ1) is 8.97. The van der Waals surface area contributed by atoms with Gasteiger partial charge in [0.25, 0.3) is 0 Å². The topological polar surface area (TPSA) is 29.5 Å². The third kappa shape index (κ3) is 4.44. The van der Waals surface area contributed by atoms with E-state index in [1.807, 2.05) is 38.1 Å². The van der Waals surface area contributed by atoms with Crippen molar-refractivity contribution in [1.82, 2.24) is 4.90 Å². The summed E-state index contributed by atoms with van der Waals surface area (Å²) in [6.07, 6.45) is 0. The molecule has 0 N–H and O–H groups in total. The molecule has 1 atom stereocenters. The van der Waals surface area contributed by atoms with E-state index >= 15 is 0 Å². The maximum atomic E-state index is 12.5. The third-order valence-electron chi connectivity index (χ3n) is 3.43. The number of methoxy groups -OCH3 is 1. The molecule has 0 radical (unpaired) electrons. The van der Waals surface area contributed by atoms with Crippen molar-refractivity contribution in [2.75, 3.05) is 20.3 Å². The Bertz CT molecular complexity index is 398. The average Bonchev–Trinajstić information content (AvgIpc) is 2.38. The van der Waals surface area contributed by atoms with Gasteiger partial charge in [-0.1, -0.05) is 29.8 Å². The standard InChI is InChI=1S/C16H25NO2/c1-12(2)17(10-11-19-5)14(4)16(18)15-8-6-13(3)7-9-15/h6-9,12,14H,10-11H2,1-5H3. The van der Waals surface area contributed by atoms with Gasteiger partial charge in [-0.05, 0) is 27.7 Å². The molecule has 0 bridgehead atoms. The normalized spacial score (nSPS) is 13.0. The second kappa shape index (κ2) is 7.41. The van der Waals surface area contributed by atoms with Gasteiger partial charge in [-0.2, -0.15) is 0 Å². The van der Waals surface area contributed by atoms with Crippen molar-refractivity contribution in [2.45, 2.75) is 39.8 Å². The average molecular weight is 263 g/mol. The van der Waals surface area contributed by atoms with Crippen LogP contribution in [0.1, 0.15) is 36.7 Å². The van der Waals surface area contributed by atoms with Gasteiger partial charge in [0.05, 0.1) is 12.6 Å². The lowest BCUT2D eigenvalue weighted by atomic mass is 10.0. The van der Waals surface area contributed by atoms with Crippen LogP contribution in [0.2, 0.25) is 0 Å². The Morgan fingerprint density at radius 1 is 1.21 bits per heavy atom. The molecule has 0 aliphatic heterocycles. The van der Waals surface area contributed by atoms with Gasteiger partial charge in [-0.15, -0.1) is 0 Å². The van der Waals surface area contributed by atoms with Crippen molar-refractivity contribution in [3.63, 3.8) is 0 Å². The van der Waals surface area contributed by atoms with Crippen LogP contribution in [0.25, 0.3) is 0 Å². The van der Waals surface area contributed by atoms with Crippen LogP contribution in [-0.2, 0) is 4.74 Å². The summed E-state index contributed by atoms with van der Waals surface area (Å²) in [6, 6.07) is 7.97. The lowest BCUT2D eigenvalue weighted by Crippen LogP contribution is -2.45. The molecule has 1 unspecified atom stereocenters. The first-order valence-electron chi connectivity index (χ1n) is 6.83. The quantitative estimate of drug-likeness (QED) is 0.708. The molecule has 1 aromatic carbocycles. The van der Waals surface area contributed by atoms with Gasteiger partial charge in [-0.25, -0.2) is 0 Å². The van der Waals surface area contributed by atoms with Crippen molar-refractivity contribution < 1.29 is 9.53 Å². The number of Topliss-reactive ketones (excluding diaryl/α,β-unsaturated/α-hetero) is 1. The highest BCUT2D eigenvalue weighted by Gasteiger charge is 2.24. The third-order valence-corrected chi connectivity index (χ3v) is 3.43. The molecule has 0 aliphatic carbocycles. The van der Waals surface area contributed by atoms with Gasteiger partial charge in [0.15, 0.2) is 5.78 Å². The number of nitrogens with zero attached hydrogens (tertiary/aromatic N) is 1. The highest BCUT2D eigenvalue weighted by molar-refractivity contribution is 5.99. The predicted molar refractivity (Wildman–Crippen MR) is 78.7 cm³/mol. The van der Waals surface area contributed by atoms with Gasteiger partial charge in [0.1, 0.15) is 0 Å². The van der Waals surface area contributed by atoms with Crippen LogP contribution < -0.4 is 0 Å². The summed E-state index contributed by atoms with van der Waals surface area (Å²) in [5.41, 5.74) is 1.95. The van der Waals surface area contributed by atoms with E-state index < -0.39 is 0 Å². The number of rotatable bonds is 7. The van der Waals surface area contributed by atoms with Crippen molar-refractivity contribution in [3.05, 3.63) is 35.4 Å². The summed E-state index contributed by atoms with van der Waals surface area (Å²) in [6.45, 7) is 9.62. The molecule has 19 heavy (non-hydrogen) atoms. The molecule has 3 nitrogen and oxygen atoms in total. The van der Waals surface area contributed by atoms with Gasteiger partial charge in [0.2, 0.25) is 0 Å². The Morgan fingerprint density at radius 2 is 1.79 bits per heavy atom. The van der Waals surface area contributed by atoms with Crippen molar-refractivity contribution in [1.29, 1.82) is 0 Å². The summed E-state index contributed by atoms with van der Waals surface area (Å²) in [5, 5.41) is 0. The fourth-order valence-electron chi connectivity index (χ4n) is 2.21. The van der Waals surface area contributed by atoms with Gasteiger partial charge in [0, 0.05) is 25.3 Å². The van der Waals surface area contributed by atoms with Crippen LogP contribution in [0.3, 0.4) is 0 Å². The summed E-state index contributed by atoms with van der Waals surface area (Å²) < 4.78 is 5.12. The van der Waals surface area contributed by atoms with E-state index in [2.05, 4.69) is 18.7 Å². The molecular weight excluding hydrogens is 238 g/mol. The number of hydrogen-bond acceptors (Lipinski definition) is 3. The monoisotopic (exact) mass is 263 g/mol. The predicted octanol–water partition coefficient (Wildman–Crippen LogP) is 2.92. The number of benzene rings is 1. The molecular formula is C16H25NO2. The first-order valence-corrected chi connectivity index (χ1v) is 6.83. The van der Waals surface area contributed by atoms with Crippen LogP contribution in [0.5, 0.6) is 0 Å². The number of carbonyl (C=O) groups is 1. The molecule has 0 aliphatic rings. The molecule has 0 spiro atoms. The molecule has 0 aromatic heterocycles. The zero-order valence-electron chi connectivity index (χ0n) is 12.6. The number of hydrogen-bond donors (Lipinski definition) is 0. The molecule has 1 rings (SSSR count). The zero-order chi connectivity index (χ0) is 14.4. The summed E-state index contributed by atoms with van der Waals surface area (Å²) >= 11 is 0. The van der Waals surface area contributed by atoms with E-state index in [0.717, 1.165) is 12.1 Å². The minimum absolute atomic E-state index is 0.127. The Balaban J connectivity index is 2.80. The number of ether oxygens (including phenoxy) is 1. The highest BCUT2D eigenvalue weighted by Crippen LogP contribution is 2.13. The molecule has 106 valence electrons. The Labute approximate surface area is 116 Å². The van der Waals surface area contributed by atoms with E-state index in [9.17, 15) is 4.79 Å². The van der Waals surface area contributed by atoms with Gasteiger partial charge >= 0.3 is 0 Å². The fraction of sp³-hybridized carbons (Fsp3) is 0.562. The Kier molecular flexibility index (Phi) is 6.19. The molecule has 1 aromatic rings. The minimum Gasteiger partial charge on any atom is -0.383 e. The van der Waals surface area contributed by atoms with Crippen molar-refractivity contribution >= 4 is 5.78 Å². The van der Waals surface area contributed by atoms with E-state index in [4.69, 9.17) is 4.74 Å². The van der Waals surface area contributed by atoms with Crippen LogP contribution in [-0.4, -0.2) is 43.0 Å². The van der Waals surface area contributed by atoms with Crippen LogP contribution in [0.15, 0.2) is 24.3 Å². The maximum absolute atomic E-state index is 12.5. The fourth-order valence-corrected chi connectivity index (χ4v) is 2.21. The molecule has 0 amide bonds. The van der Waals surface area contributed by atoms with Crippen LogP contribution >= 0.6 is 0 Å². The molecule has 0 fully saturated rings. The van der Waals surface area contributed by atoms with Crippen molar-refractivity contribution in [2.24, 2.45) is 0 Å². The number of aryl methyl sites for hydroxylation is 1. The van der Waals surface area contributed by atoms with E-state index in [1.165, 1.54) is 5.56 Å². The Hall–Kier alpha value is -1.19. The maximum Gasteiger partial charge on any atom is 0.179 e. The van der Waals surface area contributed by atoms with Crippen molar-refractivity contribution in [3.8, 4) is 0 Å². The smallest absolute Gasteiger partial charge is 0.179 e. The van der Waals surface area contributed by atoms with Gasteiger partial charge in [-0.3, -0.25) is 9.69 Å². The van der Waals surface area contributed by atoms with E-state index in [1.54, 1.807) is 7.11 Å². The zero-order valence-corrected chi connectivity index (χ0v) is 12.6. The lowest BCUT2D eigenvalue weighted by Gasteiger charge is -2.31. The molecule has 0 heterocycles. The molecule has 0 saturated heterocycles. The molecule has 3 heteroatoms. The SMILES string of the molecule is COCCN(C(C)C)C(C)C(=O)c1ccc(C)cc1. The summed E-state index contributed by atoms with van der Waals surface area (Å²) in [4.78, 5) is 14.7. The Morgan fingerprint density at radius 3 is 2.26 bits per heavy atom. The second-order valence-corrected chi connectivity index (χ2v) is 5.23. The van der Waals surface area contributed by atoms with Gasteiger partial charge < -0.3 is 4.74 Å². The number of carbonyl (C=O) groups excluding carboxylic acids is 1. The van der Waals surface area contributed by atoms with E-state index in [0.29, 0.717) is 12.6 Å². The van der Waals surface area contributed by atoms with Crippen LogP contribution in [0.4, 0.5) is 0 Å².